The summed E-state index contributed by atoms with van der Waals surface area (Å²) in [7, 11) is 0. The Morgan fingerprint density at radius 1 is 0.258 bits per heavy atom. The van der Waals surface area contributed by atoms with Crippen molar-refractivity contribution >= 4 is 43.6 Å². The van der Waals surface area contributed by atoms with Crippen molar-refractivity contribution in [3.8, 4) is 67.8 Å². The van der Waals surface area contributed by atoms with Crippen LogP contribution in [0.3, 0.4) is 0 Å². The highest BCUT2D eigenvalue weighted by Crippen LogP contribution is 2.43. The van der Waals surface area contributed by atoms with E-state index in [0.29, 0.717) is 17.6 Å². The molecule has 0 spiro atoms. The van der Waals surface area contributed by atoms with Crippen LogP contribution in [0.1, 0.15) is 0 Å². The van der Waals surface area contributed by atoms with Crippen molar-refractivity contribution in [2.24, 2.45) is 0 Å². The van der Waals surface area contributed by atoms with Gasteiger partial charge >= 0.3 is 0 Å². The molecule has 12 aromatic rings. The molecular formula is C57H37N5. The lowest BCUT2D eigenvalue weighted by atomic mass is 10.0. The largest absolute Gasteiger partial charge is 0.307 e. The average molecular weight is 792 g/mol. The van der Waals surface area contributed by atoms with Crippen molar-refractivity contribution in [1.82, 2.24) is 24.1 Å². The van der Waals surface area contributed by atoms with E-state index in [1.165, 1.54) is 22.1 Å². The second-order valence-electron chi connectivity index (χ2n) is 15.7. The summed E-state index contributed by atoms with van der Waals surface area (Å²) in [5.41, 5.74) is 14.1. The lowest BCUT2D eigenvalue weighted by Gasteiger charge is -2.14. The van der Waals surface area contributed by atoms with E-state index in [0.717, 1.165) is 71.7 Å². The topological polar surface area (TPSA) is 48.5 Å². The van der Waals surface area contributed by atoms with Gasteiger partial charge in [-0.1, -0.05) is 194 Å². The molecule has 0 saturated carbocycles. The fraction of sp³-hybridized carbons (Fsp3) is 0. The molecule has 5 nitrogen and oxygen atoms in total. The smallest absolute Gasteiger partial charge is 0.238 e. The molecule has 0 aliphatic heterocycles. The zero-order valence-electron chi connectivity index (χ0n) is 33.6. The van der Waals surface area contributed by atoms with Gasteiger partial charge in [-0.25, -0.2) is 4.98 Å². The minimum atomic E-state index is 0.555. The fourth-order valence-electron chi connectivity index (χ4n) is 9.04. The van der Waals surface area contributed by atoms with Gasteiger partial charge in [0.25, 0.3) is 0 Å². The quantitative estimate of drug-likeness (QED) is 0.162. The van der Waals surface area contributed by atoms with Crippen LogP contribution in [0, 0.1) is 0 Å². The van der Waals surface area contributed by atoms with E-state index < -0.39 is 0 Å². The Bertz CT molecular complexity index is 3590. The zero-order valence-corrected chi connectivity index (χ0v) is 33.6. The number of para-hydroxylation sites is 1. The van der Waals surface area contributed by atoms with Crippen molar-refractivity contribution in [3.05, 3.63) is 224 Å². The maximum absolute atomic E-state index is 5.38. The first-order chi connectivity index (χ1) is 30.7. The second kappa shape index (κ2) is 14.7. The van der Waals surface area contributed by atoms with E-state index in [9.17, 15) is 0 Å². The van der Waals surface area contributed by atoms with Gasteiger partial charge in [0.2, 0.25) is 5.95 Å². The van der Waals surface area contributed by atoms with E-state index in [-0.39, 0.29) is 0 Å². The summed E-state index contributed by atoms with van der Waals surface area (Å²) in [6.07, 6.45) is 0. The number of rotatable bonds is 7. The molecule has 0 aliphatic rings. The molecule has 0 saturated heterocycles. The van der Waals surface area contributed by atoms with E-state index >= 15 is 0 Å². The Morgan fingerprint density at radius 3 is 1.34 bits per heavy atom. The summed E-state index contributed by atoms with van der Waals surface area (Å²) >= 11 is 0. The summed E-state index contributed by atoms with van der Waals surface area (Å²) < 4.78 is 4.70. The molecule has 3 heterocycles. The van der Waals surface area contributed by atoms with Crippen LogP contribution in [0.5, 0.6) is 0 Å². The van der Waals surface area contributed by atoms with Gasteiger partial charge in [-0.2, -0.15) is 9.97 Å². The molecule has 12 rings (SSSR count). The molecule has 0 bridgehead atoms. The van der Waals surface area contributed by atoms with Crippen LogP contribution in [-0.2, 0) is 0 Å². The maximum atomic E-state index is 5.38. The predicted molar refractivity (Wildman–Crippen MR) is 256 cm³/mol. The van der Waals surface area contributed by atoms with Gasteiger partial charge in [0.15, 0.2) is 11.6 Å². The Labute approximate surface area is 358 Å². The molecule has 5 heteroatoms. The Balaban J connectivity index is 1.17. The third-order valence-corrected chi connectivity index (χ3v) is 12.0. The molecule has 290 valence electrons. The lowest BCUT2D eigenvalue weighted by Crippen LogP contribution is -2.07. The molecule has 62 heavy (non-hydrogen) atoms. The van der Waals surface area contributed by atoms with Crippen LogP contribution in [0.25, 0.3) is 111 Å². The lowest BCUT2D eigenvalue weighted by molar-refractivity contribution is 0.953. The first-order valence-electron chi connectivity index (χ1n) is 20.9. The third-order valence-electron chi connectivity index (χ3n) is 12.0. The number of fused-ring (bicyclic) bond motifs is 7. The Morgan fingerprint density at radius 2 is 0.694 bits per heavy atom. The summed E-state index contributed by atoms with van der Waals surface area (Å²) in [5.74, 6) is 1.77. The molecule has 0 amide bonds. The average Bonchev–Trinajstić information content (AvgIpc) is 3.88. The molecule has 3 aromatic heterocycles. The van der Waals surface area contributed by atoms with Gasteiger partial charge in [-0.15, -0.1) is 0 Å². The molecule has 9 aromatic carbocycles. The number of benzene rings is 9. The van der Waals surface area contributed by atoms with Gasteiger partial charge < -0.3 is 4.57 Å². The van der Waals surface area contributed by atoms with E-state index in [1.807, 2.05) is 24.3 Å². The first-order valence-corrected chi connectivity index (χ1v) is 20.9. The van der Waals surface area contributed by atoms with Gasteiger partial charge in [-0.05, 0) is 63.7 Å². The van der Waals surface area contributed by atoms with Crippen LogP contribution in [-0.4, -0.2) is 24.1 Å². The standard InChI is InChI=1S/C57H37N5/c1-5-16-38(17-6-1)41-28-30-43(31-29-41)56-58-55(42-22-11-4-12-23-42)59-57(60-56)62-51-27-14-13-26-47(51)48-33-34-49-50-37-45(40-20-9-3-10-21-40)32-35-52(50)61(53(49)54(48)62)46-25-15-24-44(36-46)39-18-7-2-8-19-39/h1-37H. The summed E-state index contributed by atoms with van der Waals surface area (Å²) in [6.45, 7) is 0. The summed E-state index contributed by atoms with van der Waals surface area (Å²) in [6, 6.07) is 79.3. The number of nitrogens with zero attached hydrogens (tertiary/aromatic N) is 5. The van der Waals surface area contributed by atoms with Crippen LogP contribution in [0.2, 0.25) is 0 Å². The van der Waals surface area contributed by atoms with E-state index in [4.69, 9.17) is 15.0 Å². The SMILES string of the molecule is c1ccc(-c2ccc(-c3nc(-c4ccccc4)nc(-n4c5ccccc5c5ccc6c7cc(-c8ccccc8)ccc7n(-c7cccc(-c8ccccc8)c7)c6c54)n3)cc2)cc1. The van der Waals surface area contributed by atoms with Crippen molar-refractivity contribution in [3.63, 3.8) is 0 Å². The molecule has 0 aliphatic carbocycles. The van der Waals surface area contributed by atoms with Crippen LogP contribution >= 0.6 is 0 Å². The predicted octanol–water partition coefficient (Wildman–Crippen LogP) is 14.4. The highest BCUT2D eigenvalue weighted by Gasteiger charge is 2.24. The highest BCUT2D eigenvalue weighted by molar-refractivity contribution is 6.24. The second-order valence-corrected chi connectivity index (χ2v) is 15.7. The maximum Gasteiger partial charge on any atom is 0.238 e. The molecule has 0 radical (unpaired) electrons. The van der Waals surface area contributed by atoms with Crippen molar-refractivity contribution in [2.75, 3.05) is 0 Å². The molecule has 0 fully saturated rings. The van der Waals surface area contributed by atoms with Gasteiger partial charge in [0.05, 0.1) is 22.1 Å². The third kappa shape index (κ3) is 5.98. The van der Waals surface area contributed by atoms with Crippen LogP contribution < -0.4 is 0 Å². The van der Waals surface area contributed by atoms with Crippen molar-refractivity contribution < 1.29 is 0 Å². The molecule has 0 unspecified atom stereocenters. The normalized spacial score (nSPS) is 11.5. The van der Waals surface area contributed by atoms with Gasteiger partial charge in [0, 0.05) is 38.4 Å². The molecule has 0 N–H and O–H groups in total. The van der Waals surface area contributed by atoms with E-state index in [1.54, 1.807) is 0 Å². The van der Waals surface area contributed by atoms with Crippen molar-refractivity contribution in [1.29, 1.82) is 0 Å². The molecule has 0 atom stereocenters. The monoisotopic (exact) mass is 791 g/mol. The number of aromatic nitrogens is 5. The Hall–Kier alpha value is -8.41. The van der Waals surface area contributed by atoms with Gasteiger partial charge in [0.1, 0.15) is 0 Å². The van der Waals surface area contributed by atoms with Gasteiger partial charge in [-0.3, -0.25) is 4.57 Å². The molecular weight excluding hydrogens is 755 g/mol. The van der Waals surface area contributed by atoms with E-state index in [2.05, 4.69) is 209 Å². The van der Waals surface area contributed by atoms with Crippen molar-refractivity contribution in [2.45, 2.75) is 0 Å². The van der Waals surface area contributed by atoms with Crippen LogP contribution in [0.15, 0.2) is 224 Å². The number of hydrogen-bond donors (Lipinski definition) is 0. The minimum absolute atomic E-state index is 0.555. The zero-order chi connectivity index (χ0) is 41.0. The minimum Gasteiger partial charge on any atom is -0.307 e. The first kappa shape index (κ1) is 35.5. The summed E-state index contributed by atoms with van der Waals surface area (Å²) in [5, 5.41) is 4.56. The highest BCUT2D eigenvalue weighted by atomic mass is 15.2. The fourth-order valence-corrected chi connectivity index (χ4v) is 9.04. The summed E-state index contributed by atoms with van der Waals surface area (Å²) in [4.78, 5) is 15.9. The van der Waals surface area contributed by atoms with Crippen LogP contribution in [0.4, 0.5) is 0 Å². The number of hydrogen-bond acceptors (Lipinski definition) is 3. The Kier molecular flexibility index (Phi) is 8.42.